The van der Waals surface area contributed by atoms with E-state index in [2.05, 4.69) is 13.8 Å². The van der Waals surface area contributed by atoms with Crippen LogP contribution in [0.2, 0.25) is 0 Å². The number of ether oxygens (including phenoxy) is 1. The molecule has 2 unspecified atom stereocenters. The highest BCUT2D eigenvalue weighted by atomic mass is 16.5. The molecule has 14 heavy (non-hydrogen) atoms. The molecule has 0 aliphatic heterocycles. The third kappa shape index (κ3) is 5.92. The van der Waals surface area contributed by atoms with Gasteiger partial charge >= 0.3 is 0 Å². The van der Waals surface area contributed by atoms with Crippen molar-refractivity contribution in [3.05, 3.63) is 12.2 Å². The molecule has 2 nitrogen and oxygen atoms in total. The quantitative estimate of drug-likeness (QED) is 0.443. The van der Waals surface area contributed by atoms with Gasteiger partial charge in [-0.25, -0.2) is 0 Å². The molecule has 0 spiro atoms. The van der Waals surface area contributed by atoms with Crippen molar-refractivity contribution in [3.8, 4) is 0 Å². The van der Waals surface area contributed by atoms with Crippen LogP contribution in [0.1, 0.15) is 39.5 Å². The van der Waals surface area contributed by atoms with Gasteiger partial charge in [-0.1, -0.05) is 38.8 Å². The van der Waals surface area contributed by atoms with Crippen molar-refractivity contribution in [2.75, 3.05) is 7.11 Å². The predicted molar refractivity (Wildman–Crippen MR) is 59.3 cm³/mol. The molecule has 0 saturated carbocycles. The molecule has 2 atom stereocenters. The van der Waals surface area contributed by atoms with Crippen LogP contribution in [0.3, 0.4) is 0 Å². The van der Waals surface area contributed by atoms with Crippen molar-refractivity contribution >= 4 is 6.29 Å². The summed E-state index contributed by atoms with van der Waals surface area (Å²) in [6, 6.07) is 0. The van der Waals surface area contributed by atoms with Gasteiger partial charge < -0.3 is 9.53 Å². The lowest BCUT2D eigenvalue weighted by Gasteiger charge is -2.19. The van der Waals surface area contributed by atoms with Crippen LogP contribution in [0.5, 0.6) is 0 Å². The normalized spacial score (nSPS) is 15.6. The van der Waals surface area contributed by atoms with E-state index in [-0.39, 0.29) is 6.10 Å². The van der Waals surface area contributed by atoms with Crippen molar-refractivity contribution in [1.29, 1.82) is 0 Å². The van der Waals surface area contributed by atoms with Gasteiger partial charge in [0.1, 0.15) is 6.29 Å². The lowest BCUT2D eigenvalue weighted by Crippen LogP contribution is -2.17. The lowest BCUT2D eigenvalue weighted by atomic mass is 9.97. The highest BCUT2D eigenvalue weighted by Crippen LogP contribution is 2.15. The second-order valence-electron chi connectivity index (χ2n) is 3.65. The predicted octanol–water partition coefficient (Wildman–Crippen LogP) is 2.97. The van der Waals surface area contributed by atoms with E-state index in [0.29, 0.717) is 12.3 Å². The zero-order valence-corrected chi connectivity index (χ0v) is 9.53. The SMILES string of the molecule is CCCCC(C)C(/C=C/CC=O)OC. The molecule has 0 aromatic carbocycles. The average Bonchev–Trinajstić information content (AvgIpc) is 2.21. The average molecular weight is 198 g/mol. The molecule has 0 N–H and O–H groups in total. The Morgan fingerprint density at radius 1 is 1.43 bits per heavy atom. The van der Waals surface area contributed by atoms with Crippen molar-refractivity contribution < 1.29 is 9.53 Å². The first-order valence-electron chi connectivity index (χ1n) is 5.39. The second-order valence-corrected chi connectivity index (χ2v) is 3.65. The number of carbonyl (C=O) groups is 1. The summed E-state index contributed by atoms with van der Waals surface area (Å²) in [5.41, 5.74) is 0. The molecule has 0 aliphatic carbocycles. The Kier molecular flexibility index (Phi) is 8.54. The molecule has 0 heterocycles. The molecule has 2 heteroatoms. The van der Waals surface area contributed by atoms with Gasteiger partial charge in [-0.3, -0.25) is 0 Å². The minimum absolute atomic E-state index is 0.154. The van der Waals surface area contributed by atoms with Crippen molar-refractivity contribution in [2.45, 2.75) is 45.6 Å². The van der Waals surface area contributed by atoms with E-state index >= 15 is 0 Å². The molecular formula is C12H22O2. The van der Waals surface area contributed by atoms with Crippen LogP contribution in [0.4, 0.5) is 0 Å². The summed E-state index contributed by atoms with van der Waals surface area (Å²) in [5, 5.41) is 0. The maximum Gasteiger partial charge on any atom is 0.123 e. The molecule has 0 rings (SSSR count). The Morgan fingerprint density at radius 2 is 2.14 bits per heavy atom. The molecule has 82 valence electrons. The largest absolute Gasteiger partial charge is 0.377 e. The summed E-state index contributed by atoms with van der Waals surface area (Å²) in [6.45, 7) is 4.38. The zero-order chi connectivity index (χ0) is 10.8. The van der Waals surface area contributed by atoms with E-state index in [1.165, 1.54) is 19.3 Å². The van der Waals surface area contributed by atoms with Gasteiger partial charge in [0, 0.05) is 13.5 Å². The Bertz CT molecular complexity index is 164. The maximum atomic E-state index is 10.1. The molecule has 0 aromatic rings. The summed E-state index contributed by atoms with van der Waals surface area (Å²) in [5.74, 6) is 0.530. The Labute approximate surface area is 87.3 Å². The van der Waals surface area contributed by atoms with E-state index < -0.39 is 0 Å². The van der Waals surface area contributed by atoms with Gasteiger partial charge in [0.25, 0.3) is 0 Å². The van der Waals surface area contributed by atoms with E-state index in [9.17, 15) is 4.79 Å². The molecule has 0 bridgehead atoms. The molecule has 0 amide bonds. The Morgan fingerprint density at radius 3 is 2.64 bits per heavy atom. The van der Waals surface area contributed by atoms with E-state index in [4.69, 9.17) is 4.74 Å². The first-order chi connectivity index (χ1) is 6.76. The first kappa shape index (κ1) is 13.4. The maximum absolute atomic E-state index is 10.1. The third-order valence-corrected chi connectivity index (χ3v) is 2.40. The standard InChI is InChI=1S/C12H22O2/c1-4-5-8-11(2)12(14-3)9-6-7-10-13/h6,9-12H,4-5,7-8H2,1-3H3/b9-6+. The second kappa shape index (κ2) is 8.95. The van der Waals surface area contributed by atoms with Crippen LogP contribution in [-0.4, -0.2) is 19.5 Å². The third-order valence-electron chi connectivity index (χ3n) is 2.40. The summed E-state index contributed by atoms with van der Waals surface area (Å²) < 4.78 is 5.35. The van der Waals surface area contributed by atoms with Crippen LogP contribution in [0, 0.1) is 5.92 Å². The number of hydrogen-bond acceptors (Lipinski definition) is 2. The Balaban J connectivity index is 3.90. The molecule has 0 saturated heterocycles. The smallest absolute Gasteiger partial charge is 0.123 e. The fourth-order valence-corrected chi connectivity index (χ4v) is 1.46. The van der Waals surface area contributed by atoms with Crippen molar-refractivity contribution in [2.24, 2.45) is 5.92 Å². The fraction of sp³-hybridized carbons (Fsp3) is 0.750. The topological polar surface area (TPSA) is 26.3 Å². The number of aldehydes is 1. The summed E-state index contributed by atoms with van der Waals surface area (Å²) in [6.07, 6.45) is 9.06. The molecule has 0 radical (unpaired) electrons. The number of methoxy groups -OCH3 is 1. The van der Waals surface area contributed by atoms with Gasteiger partial charge in [-0.2, -0.15) is 0 Å². The summed E-state index contributed by atoms with van der Waals surface area (Å²) >= 11 is 0. The molecule has 0 aliphatic rings. The fourth-order valence-electron chi connectivity index (χ4n) is 1.46. The minimum atomic E-state index is 0.154. The van der Waals surface area contributed by atoms with Crippen LogP contribution in [0.25, 0.3) is 0 Å². The van der Waals surface area contributed by atoms with Gasteiger partial charge in [-0.05, 0) is 12.3 Å². The zero-order valence-electron chi connectivity index (χ0n) is 9.53. The van der Waals surface area contributed by atoms with Crippen molar-refractivity contribution in [3.63, 3.8) is 0 Å². The van der Waals surface area contributed by atoms with Gasteiger partial charge in [0.05, 0.1) is 6.10 Å². The number of carbonyl (C=O) groups excluding carboxylic acids is 1. The lowest BCUT2D eigenvalue weighted by molar-refractivity contribution is -0.107. The van der Waals surface area contributed by atoms with Crippen LogP contribution in [0.15, 0.2) is 12.2 Å². The minimum Gasteiger partial charge on any atom is -0.377 e. The van der Waals surface area contributed by atoms with Gasteiger partial charge in [-0.15, -0.1) is 0 Å². The van der Waals surface area contributed by atoms with E-state index in [0.717, 1.165) is 6.29 Å². The Hall–Kier alpha value is -0.630. The molecule has 0 fully saturated rings. The van der Waals surface area contributed by atoms with Gasteiger partial charge in [0.2, 0.25) is 0 Å². The number of unbranched alkanes of at least 4 members (excludes halogenated alkanes) is 1. The van der Waals surface area contributed by atoms with E-state index in [1.807, 2.05) is 12.2 Å². The monoisotopic (exact) mass is 198 g/mol. The molecular weight excluding hydrogens is 176 g/mol. The first-order valence-corrected chi connectivity index (χ1v) is 5.39. The summed E-state index contributed by atoms with van der Waals surface area (Å²) in [7, 11) is 1.72. The number of rotatable bonds is 8. The highest BCUT2D eigenvalue weighted by molar-refractivity contribution is 5.51. The highest BCUT2D eigenvalue weighted by Gasteiger charge is 2.12. The van der Waals surface area contributed by atoms with Crippen LogP contribution < -0.4 is 0 Å². The summed E-state index contributed by atoms with van der Waals surface area (Å²) in [4.78, 5) is 10.1. The van der Waals surface area contributed by atoms with Gasteiger partial charge in [0.15, 0.2) is 0 Å². The van der Waals surface area contributed by atoms with Crippen LogP contribution in [-0.2, 0) is 9.53 Å². The van der Waals surface area contributed by atoms with Crippen LogP contribution >= 0.6 is 0 Å². The van der Waals surface area contributed by atoms with E-state index in [1.54, 1.807) is 7.11 Å². The number of hydrogen-bond donors (Lipinski definition) is 0. The van der Waals surface area contributed by atoms with Crippen molar-refractivity contribution in [1.82, 2.24) is 0 Å². The molecule has 0 aromatic heterocycles. The number of allylic oxidation sites excluding steroid dienone is 1.